The molecule has 0 spiro atoms. The third-order valence-electron chi connectivity index (χ3n) is 2.32. The minimum atomic E-state index is -1.34. The van der Waals surface area contributed by atoms with Crippen molar-refractivity contribution in [3.05, 3.63) is 51.9 Å². The van der Waals surface area contributed by atoms with Gasteiger partial charge in [-0.25, -0.2) is 8.78 Å². The maximum Gasteiger partial charge on any atom is 0.251 e. The number of hydrogen-bond acceptors (Lipinski definition) is 2. The molecule has 2 nitrogen and oxygen atoms in total. The van der Waals surface area contributed by atoms with Crippen LogP contribution in [0.15, 0.2) is 28.7 Å². The first kappa shape index (κ1) is 12.9. The average Bonchev–Trinajstić information content (AvgIpc) is 2.31. The average molecular weight is 317 g/mol. The van der Waals surface area contributed by atoms with Gasteiger partial charge < -0.3 is 5.32 Å². The number of nitrogens with zero attached hydrogens (tertiary/aromatic N) is 1. The van der Waals surface area contributed by atoms with Crippen LogP contribution in [0.4, 0.5) is 24.7 Å². The van der Waals surface area contributed by atoms with Gasteiger partial charge in [0.05, 0.1) is 0 Å². The summed E-state index contributed by atoms with van der Waals surface area (Å²) in [6, 6.07) is 5.62. The van der Waals surface area contributed by atoms with Crippen molar-refractivity contribution >= 4 is 27.4 Å². The van der Waals surface area contributed by atoms with E-state index in [1.54, 1.807) is 18.2 Å². The number of rotatable bonds is 2. The Balaban J connectivity index is 2.34. The molecule has 0 unspecified atom stereocenters. The molecule has 0 saturated heterocycles. The standard InChI is InChI=1S/C12H8BrF3N2/c1-6-2-3-7(4-8(6)13)17-12-10(15)5-9(14)11(16)18-12/h2-5H,1H3,(H,17,18). The van der Waals surface area contributed by atoms with Gasteiger partial charge in [0.2, 0.25) is 0 Å². The molecule has 0 atom stereocenters. The molecule has 2 aromatic rings. The lowest BCUT2D eigenvalue weighted by Gasteiger charge is -2.08. The molecule has 1 aromatic heterocycles. The summed E-state index contributed by atoms with van der Waals surface area (Å²) in [6.07, 6.45) is 0. The zero-order valence-electron chi connectivity index (χ0n) is 9.27. The fourth-order valence-corrected chi connectivity index (χ4v) is 1.72. The minimum absolute atomic E-state index is 0.357. The molecule has 0 fully saturated rings. The van der Waals surface area contributed by atoms with E-state index in [0.717, 1.165) is 10.0 Å². The summed E-state index contributed by atoms with van der Waals surface area (Å²) in [7, 11) is 0. The van der Waals surface area contributed by atoms with E-state index in [1.807, 2.05) is 6.92 Å². The van der Waals surface area contributed by atoms with Crippen molar-refractivity contribution in [2.75, 3.05) is 5.32 Å². The molecule has 2 rings (SSSR count). The molecule has 94 valence electrons. The van der Waals surface area contributed by atoms with E-state index >= 15 is 0 Å². The first-order valence-corrected chi connectivity index (χ1v) is 5.81. The summed E-state index contributed by atoms with van der Waals surface area (Å²) in [5, 5.41) is 2.59. The molecular weight excluding hydrogens is 309 g/mol. The lowest BCUT2D eigenvalue weighted by molar-refractivity contribution is 0.467. The van der Waals surface area contributed by atoms with Crippen LogP contribution in [-0.4, -0.2) is 4.98 Å². The van der Waals surface area contributed by atoms with E-state index < -0.39 is 17.6 Å². The quantitative estimate of drug-likeness (QED) is 0.835. The lowest BCUT2D eigenvalue weighted by Crippen LogP contribution is -2.01. The number of halogens is 4. The number of hydrogen-bond donors (Lipinski definition) is 1. The fourth-order valence-electron chi connectivity index (χ4n) is 1.34. The molecular formula is C12H8BrF3N2. The van der Waals surface area contributed by atoms with Crippen molar-refractivity contribution in [3.63, 3.8) is 0 Å². The van der Waals surface area contributed by atoms with Crippen LogP contribution in [0.2, 0.25) is 0 Å². The van der Waals surface area contributed by atoms with Crippen LogP contribution in [-0.2, 0) is 0 Å². The maximum atomic E-state index is 13.4. The Morgan fingerprint density at radius 3 is 2.50 bits per heavy atom. The third-order valence-corrected chi connectivity index (χ3v) is 3.18. The maximum absolute atomic E-state index is 13.4. The molecule has 1 N–H and O–H groups in total. The largest absolute Gasteiger partial charge is 0.338 e. The summed E-state index contributed by atoms with van der Waals surface area (Å²) in [6.45, 7) is 1.89. The van der Waals surface area contributed by atoms with Gasteiger partial charge in [0.15, 0.2) is 17.5 Å². The van der Waals surface area contributed by atoms with E-state index in [-0.39, 0.29) is 5.82 Å². The summed E-state index contributed by atoms with van der Waals surface area (Å²) < 4.78 is 39.8. The molecule has 0 aliphatic rings. The Labute approximate surface area is 110 Å². The monoisotopic (exact) mass is 316 g/mol. The van der Waals surface area contributed by atoms with Gasteiger partial charge in [-0.3, -0.25) is 0 Å². The summed E-state index contributed by atoms with van der Waals surface area (Å²) in [5.74, 6) is -3.97. The SMILES string of the molecule is Cc1ccc(Nc2nc(F)c(F)cc2F)cc1Br. The molecule has 1 heterocycles. The number of aromatic nitrogens is 1. The summed E-state index contributed by atoms with van der Waals surface area (Å²) >= 11 is 3.32. The lowest BCUT2D eigenvalue weighted by atomic mass is 10.2. The zero-order valence-corrected chi connectivity index (χ0v) is 10.9. The van der Waals surface area contributed by atoms with Gasteiger partial charge >= 0.3 is 0 Å². The van der Waals surface area contributed by atoms with Crippen LogP contribution in [0.25, 0.3) is 0 Å². The smallest absolute Gasteiger partial charge is 0.251 e. The first-order valence-electron chi connectivity index (χ1n) is 5.02. The van der Waals surface area contributed by atoms with Crippen molar-refractivity contribution in [2.24, 2.45) is 0 Å². The van der Waals surface area contributed by atoms with Gasteiger partial charge in [-0.1, -0.05) is 22.0 Å². The number of aryl methyl sites for hydroxylation is 1. The molecule has 6 heteroatoms. The number of anilines is 2. The van der Waals surface area contributed by atoms with Crippen LogP contribution >= 0.6 is 15.9 Å². The number of benzene rings is 1. The van der Waals surface area contributed by atoms with Gasteiger partial charge in [0.1, 0.15) is 0 Å². The highest BCUT2D eigenvalue weighted by Gasteiger charge is 2.11. The molecule has 0 amide bonds. The fraction of sp³-hybridized carbons (Fsp3) is 0.0833. The van der Waals surface area contributed by atoms with Crippen LogP contribution < -0.4 is 5.32 Å². The van der Waals surface area contributed by atoms with Crippen LogP contribution in [0, 0.1) is 24.5 Å². The highest BCUT2D eigenvalue weighted by Crippen LogP contribution is 2.24. The predicted molar refractivity (Wildman–Crippen MR) is 66.3 cm³/mol. The van der Waals surface area contributed by atoms with Crippen molar-refractivity contribution in [1.82, 2.24) is 4.98 Å². The minimum Gasteiger partial charge on any atom is -0.338 e. The van der Waals surface area contributed by atoms with Crippen LogP contribution in [0.3, 0.4) is 0 Å². The Morgan fingerprint density at radius 1 is 1.11 bits per heavy atom. The van der Waals surface area contributed by atoms with Gasteiger partial charge in [-0.15, -0.1) is 0 Å². The second-order valence-electron chi connectivity index (χ2n) is 3.68. The molecule has 0 aliphatic heterocycles. The Bertz CT molecular complexity index is 602. The normalized spacial score (nSPS) is 10.5. The number of pyridine rings is 1. The molecule has 0 radical (unpaired) electrons. The van der Waals surface area contributed by atoms with E-state index in [4.69, 9.17) is 0 Å². The van der Waals surface area contributed by atoms with Gasteiger partial charge in [-0.2, -0.15) is 9.37 Å². The van der Waals surface area contributed by atoms with Crippen molar-refractivity contribution in [3.8, 4) is 0 Å². The second kappa shape index (κ2) is 4.97. The topological polar surface area (TPSA) is 24.9 Å². The van der Waals surface area contributed by atoms with Crippen molar-refractivity contribution in [1.29, 1.82) is 0 Å². The van der Waals surface area contributed by atoms with Crippen LogP contribution in [0.1, 0.15) is 5.56 Å². The Hall–Kier alpha value is -1.56. The Kier molecular flexibility index (Phi) is 3.56. The van der Waals surface area contributed by atoms with E-state index in [2.05, 4.69) is 26.2 Å². The predicted octanol–water partition coefficient (Wildman–Crippen LogP) is 4.31. The summed E-state index contributed by atoms with van der Waals surface area (Å²) in [4.78, 5) is 3.18. The third kappa shape index (κ3) is 2.64. The summed E-state index contributed by atoms with van der Waals surface area (Å²) in [5.41, 5.74) is 1.52. The molecule has 1 aromatic carbocycles. The molecule has 0 aliphatic carbocycles. The zero-order chi connectivity index (χ0) is 13.3. The molecule has 18 heavy (non-hydrogen) atoms. The highest BCUT2D eigenvalue weighted by atomic mass is 79.9. The van der Waals surface area contributed by atoms with E-state index in [0.29, 0.717) is 11.8 Å². The first-order chi connectivity index (χ1) is 8.47. The van der Waals surface area contributed by atoms with E-state index in [9.17, 15) is 13.2 Å². The van der Waals surface area contributed by atoms with Gasteiger partial charge in [0.25, 0.3) is 5.95 Å². The van der Waals surface area contributed by atoms with Crippen molar-refractivity contribution in [2.45, 2.75) is 6.92 Å². The highest BCUT2D eigenvalue weighted by molar-refractivity contribution is 9.10. The van der Waals surface area contributed by atoms with Gasteiger partial charge in [0, 0.05) is 16.2 Å². The number of nitrogens with one attached hydrogen (secondary N) is 1. The van der Waals surface area contributed by atoms with Gasteiger partial charge in [-0.05, 0) is 24.6 Å². The Morgan fingerprint density at radius 2 is 1.83 bits per heavy atom. The van der Waals surface area contributed by atoms with Crippen LogP contribution in [0.5, 0.6) is 0 Å². The van der Waals surface area contributed by atoms with E-state index in [1.165, 1.54) is 0 Å². The van der Waals surface area contributed by atoms with Crippen molar-refractivity contribution < 1.29 is 13.2 Å². The molecule has 0 saturated carbocycles. The second-order valence-corrected chi connectivity index (χ2v) is 4.53. The molecule has 0 bridgehead atoms.